The van der Waals surface area contributed by atoms with Gasteiger partial charge in [-0.05, 0) is 32.9 Å². The van der Waals surface area contributed by atoms with Crippen molar-refractivity contribution in [2.24, 2.45) is 5.73 Å². The summed E-state index contributed by atoms with van der Waals surface area (Å²) < 4.78 is 2.02. The Bertz CT molecular complexity index is 616. The van der Waals surface area contributed by atoms with E-state index in [0.29, 0.717) is 0 Å². The first-order valence-electron chi connectivity index (χ1n) is 6.23. The lowest BCUT2D eigenvalue weighted by Crippen LogP contribution is -2.33. The molecule has 4 nitrogen and oxygen atoms in total. The number of rotatable bonds is 4. The number of fused-ring (bicyclic) bond motifs is 1. The second-order valence-electron chi connectivity index (χ2n) is 5.37. The van der Waals surface area contributed by atoms with Crippen molar-refractivity contribution in [2.75, 3.05) is 0 Å². The van der Waals surface area contributed by atoms with Crippen LogP contribution in [0, 0.1) is 0 Å². The van der Waals surface area contributed by atoms with Crippen molar-refractivity contribution < 1.29 is 4.79 Å². The predicted octanol–water partition coefficient (Wildman–Crippen LogP) is 2.95. The maximum absolute atomic E-state index is 11.3. The molecule has 1 unspecified atom stereocenters. The SMILES string of the molecule is CC(Cl)c1nc2ccccc2n1C(C)(C)CC(N)=O. The molecular formula is C14H18ClN3O. The van der Waals surface area contributed by atoms with Crippen molar-refractivity contribution in [3.8, 4) is 0 Å². The third kappa shape index (κ3) is 2.59. The monoisotopic (exact) mass is 279 g/mol. The number of alkyl halides is 1. The van der Waals surface area contributed by atoms with Crippen LogP contribution in [0.25, 0.3) is 11.0 Å². The number of carbonyl (C=O) groups is 1. The molecule has 2 rings (SSSR count). The van der Waals surface area contributed by atoms with Gasteiger partial charge in [-0.2, -0.15) is 0 Å². The Morgan fingerprint density at radius 2 is 2.11 bits per heavy atom. The fourth-order valence-electron chi connectivity index (χ4n) is 2.45. The van der Waals surface area contributed by atoms with Gasteiger partial charge in [0.15, 0.2) is 0 Å². The van der Waals surface area contributed by atoms with Crippen LogP contribution in [0.3, 0.4) is 0 Å². The van der Waals surface area contributed by atoms with Crippen LogP contribution in [0.15, 0.2) is 24.3 Å². The molecule has 1 atom stereocenters. The summed E-state index contributed by atoms with van der Waals surface area (Å²) in [5.41, 5.74) is 6.74. The van der Waals surface area contributed by atoms with Crippen LogP contribution in [-0.2, 0) is 10.3 Å². The van der Waals surface area contributed by atoms with Crippen molar-refractivity contribution in [2.45, 2.75) is 38.1 Å². The molecule has 0 spiro atoms. The van der Waals surface area contributed by atoms with Crippen molar-refractivity contribution in [3.05, 3.63) is 30.1 Å². The van der Waals surface area contributed by atoms with Crippen molar-refractivity contribution in [1.82, 2.24) is 9.55 Å². The minimum atomic E-state index is -0.458. The van der Waals surface area contributed by atoms with Gasteiger partial charge in [0.05, 0.1) is 16.4 Å². The lowest BCUT2D eigenvalue weighted by Gasteiger charge is -2.28. The fourth-order valence-corrected chi connectivity index (χ4v) is 2.60. The first-order valence-corrected chi connectivity index (χ1v) is 6.67. The second kappa shape index (κ2) is 4.85. The van der Waals surface area contributed by atoms with Gasteiger partial charge in [0.1, 0.15) is 5.82 Å². The van der Waals surface area contributed by atoms with Gasteiger partial charge in [0.2, 0.25) is 5.91 Å². The van der Waals surface area contributed by atoms with Gasteiger partial charge in [-0.15, -0.1) is 11.6 Å². The summed E-state index contributed by atoms with van der Waals surface area (Å²) in [7, 11) is 0. The number of hydrogen-bond donors (Lipinski definition) is 1. The standard InChI is InChI=1S/C14H18ClN3O/c1-9(15)13-17-10-6-4-5-7-11(10)18(13)14(2,3)8-12(16)19/h4-7,9H,8H2,1-3H3,(H2,16,19). The van der Waals surface area contributed by atoms with Crippen LogP contribution in [0.1, 0.15) is 38.4 Å². The molecule has 0 bridgehead atoms. The van der Waals surface area contributed by atoms with E-state index in [2.05, 4.69) is 4.98 Å². The van der Waals surface area contributed by atoms with Crippen LogP contribution in [0.5, 0.6) is 0 Å². The molecule has 0 saturated carbocycles. The number of hydrogen-bond acceptors (Lipinski definition) is 2. The summed E-state index contributed by atoms with van der Waals surface area (Å²) in [6, 6.07) is 7.80. The van der Waals surface area contributed by atoms with Crippen LogP contribution in [-0.4, -0.2) is 15.5 Å². The second-order valence-corrected chi connectivity index (χ2v) is 6.02. The molecule has 0 saturated heterocycles. The highest BCUT2D eigenvalue weighted by Crippen LogP contribution is 2.32. The molecule has 0 aliphatic heterocycles. The number of imidazole rings is 1. The predicted molar refractivity (Wildman–Crippen MR) is 77.1 cm³/mol. The highest BCUT2D eigenvalue weighted by Gasteiger charge is 2.29. The molecule has 1 amide bonds. The number of primary amides is 1. The summed E-state index contributed by atoms with van der Waals surface area (Å²) in [5, 5.41) is -0.237. The molecule has 1 heterocycles. The minimum absolute atomic E-state index is 0.237. The molecule has 1 aromatic carbocycles. The van der Waals surface area contributed by atoms with Gasteiger partial charge >= 0.3 is 0 Å². The maximum Gasteiger partial charge on any atom is 0.219 e. The Kier molecular flexibility index (Phi) is 3.54. The summed E-state index contributed by atoms with van der Waals surface area (Å²) in [5.74, 6) is 0.421. The zero-order valence-corrected chi connectivity index (χ0v) is 12.1. The Morgan fingerprint density at radius 1 is 1.47 bits per heavy atom. The molecule has 0 aliphatic carbocycles. The number of amides is 1. The number of carbonyl (C=O) groups excluding carboxylic acids is 1. The highest BCUT2D eigenvalue weighted by molar-refractivity contribution is 6.20. The highest BCUT2D eigenvalue weighted by atomic mass is 35.5. The Labute approximate surface area is 117 Å². The Balaban J connectivity index is 2.68. The molecule has 0 aliphatic rings. The maximum atomic E-state index is 11.3. The Hall–Kier alpha value is -1.55. The number of aromatic nitrogens is 2. The zero-order valence-electron chi connectivity index (χ0n) is 11.4. The average molecular weight is 280 g/mol. The van der Waals surface area contributed by atoms with E-state index in [1.54, 1.807) is 0 Å². The average Bonchev–Trinajstić information content (AvgIpc) is 2.66. The summed E-state index contributed by atoms with van der Waals surface area (Å²) in [4.78, 5) is 15.8. The van der Waals surface area contributed by atoms with Crippen LogP contribution in [0.2, 0.25) is 0 Å². The Morgan fingerprint density at radius 3 is 2.68 bits per heavy atom. The van der Waals surface area contributed by atoms with E-state index in [0.717, 1.165) is 16.9 Å². The summed E-state index contributed by atoms with van der Waals surface area (Å²) >= 11 is 6.22. The van der Waals surface area contributed by atoms with Crippen LogP contribution >= 0.6 is 11.6 Å². The normalized spacial score (nSPS) is 13.7. The van der Waals surface area contributed by atoms with E-state index in [4.69, 9.17) is 17.3 Å². The van der Waals surface area contributed by atoms with Gasteiger partial charge in [-0.25, -0.2) is 4.98 Å². The van der Waals surface area contributed by atoms with Crippen molar-refractivity contribution >= 4 is 28.5 Å². The van der Waals surface area contributed by atoms with Gasteiger partial charge in [0.25, 0.3) is 0 Å². The van der Waals surface area contributed by atoms with E-state index in [9.17, 15) is 4.79 Å². The lowest BCUT2D eigenvalue weighted by molar-refractivity contribution is -0.119. The molecule has 19 heavy (non-hydrogen) atoms. The quantitative estimate of drug-likeness (QED) is 0.875. The molecular weight excluding hydrogens is 262 g/mol. The van der Waals surface area contributed by atoms with Gasteiger partial charge < -0.3 is 10.3 Å². The number of benzene rings is 1. The number of para-hydroxylation sites is 2. The lowest BCUT2D eigenvalue weighted by atomic mass is 9.99. The summed E-state index contributed by atoms with van der Waals surface area (Å²) in [6.07, 6.45) is 0.240. The first-order chi connectivity index (χ1) is 8.83. The molecule has 0 fully saturated rings. The molecule has 0 radical (unpaired) electrons. The molecule has 5 heteroatoms. The topological polar surface area (TPSA) is 60.9 Å². The number of halogens is 1. The van der Waals surface area contributed by atoms with Crippen LogP contribution in [0.4, 0.5) is 0 Å². The van der Waals surface area contributed by atoms with Gasteiger partial charge in [0, 0.05) is 12.0 Å². The van der Waals surface area contributed by atoms with E-state index in [1.165, 1.54) is 0 Å². The largest absolute Gasteiger partial charge is 0.370 e. The molecule has 2 N–H and O–H groups in total. The van der Waals surface area contributed by atoms with E-state index in [1.807, 2.05) is 49.6 Å². The third-order valence-electron chi connectivity index (χ3n) is 3.15. The van der Waals surface area contributed by atoms with Gasteiger partial charge in [-0.3, -0.25) is 4.79 Å². The van der Waals surface area contributed by atoms with Crippen molar-refractivity contribution in [3.63, 3.8) is 0 Å². The number of nitrogens with two attached hydrogens (primary N) is 1. The first kappa shape index (κ1) is 13.9. The van der Waals surface area contributed by atoms with E-state index < -0.39 is 5.54 Å². The smallest absolute Gasteiger partial charge is 0.219 e. The molecule has 1 aromatic heterocycles. The minimum Gasteiger partial charge on any atom is -0.370 e. The van der Waals surface area contributed by atoms with Crippen LogP contribution < -0.4 is 5.73 Å². The molecule has 102 valence electrons. The summed E-state index contributed by atoms with van der Waals surface area (Å²) in [6.45, 7) is 5.81. The third-order valence-corrected chi connectivity index (χ3v) is 3.35. The number of nitrogens with zero attached hydrogens (tertiary/aromatic N) is 2. The van der Waals surface area contributed by atoms with E-state index in [-0.39, 0.29) is 17.7 Å². The fraction of sp³-hybridized carbons (Fsp3) is 0.429. The van der Waals surface area contributed by atoms with Crippen molar-refractivity contribution in [1.29, 1.82) is 0 Å². The molecule has 2 aromatic rings. The van der Waals surface area contributed by atoms with E-state index >= 15 is 0 Å². The van der Waals surface area contributed by atoms with Gasteiger partial charge in [-0.1, -0.05) is 12.1 Å². The zero-order chi connectivity index (χ0) is 14.2.